The predicted octanol–water partition coefficient (Wildman–Crippen LogP) is 2.94. The third-order valence-corrected chi connectivity index (χ3v) is 4.55. The van der Waals surface area contributed by atoms with E-state index >= 15 is 0 Å². The van der Waals surface area contributed by atoms with Crippen LogP contribution in [-0.2, 0) is 14.3 Å². The van der Waals surface area contributed by atoms with Gasteiger partial charge in [0.25, 0.3) is 5.91 Å². The number of hydrogen-bond donors (Lipinski definition) is 1. The lowest BCUT2D eigenvalue weighted by atomic mass is 10.1. The molecule has 2 rings (SSSR count). The number of rotatable bonds is 8. The first kappa shape index (κ1) is 23.5. The molecule has 1 atom stereocenters. The van der Waals surface area contributed by atoms with Crippen molar-refractivity contribution >= 4 is 23.7 Å². The second-order valence-corrected chi connectivity index (χ2v) is 6.52. The minimum absolute atomic E-state index is 0.130. The third-order valence-electron chi connectivity index (χ3n) is 4.55. The smallest absolute Gasteiger partial charge is 0.413 e. The minimum atomic E-state index is -0.742. The van der Waals surface area contributed by atoms with Crippen LogP contribution in [0.15, 0.2) is 42.5 Å². The largest absolute Gasteiger partial charge is 0.497 e. The second-order valence-electron chi connectivity index (χ2n) is 6.52. The number of benzene rings is 2. The number of ether oxygens (including phenoxy) is 4. The summed E-state index contributed by atoms with van der Waals surface area (Å²) in [6, 6.07) is 11.2. The van der Waals surface area contributed by atoms with Crippen LogP contribution in [0.25, 0.3) is 0 Å². The van der Waals surface area contributed by atoms with Crippen molar-refractivity contribution in [3.8, 4) is 11.5 Å². The fourth-order valence-electron chi connectivity index (χ4n) is 2.92. The highest BCUT2D eigenvalue weighted by Gasteiger charge is 2.21. The van der Waals surface area contributed by atoms with Gasteiger partial charge in [-0.2, -0.15) is 0 Å². The zero-order chi connectivity index (χ0) is 23.0. The maximum atomic E-state index is 12.5. The summed E-state index contributed by atoms with van der Waals surface area (Å²) >= 11 is 0. The Hall–Kier alpha value is -3.75. The molecule has 0 bridgehead atoms. The molecule has 0 aliphatic rings. The van der Waals surface area contributed by atoms with E-state index in [1.165, 1.54) is 32.2 Å². The Balaban J connectivity index is 2.04. The van der Waals surface area contributed by atoms with Crippen LogP contribution in [0.2, 0.25) is 0 Å². The number of esters is 1. The molecule has 0 saturated heterocycles. The van der Waals surface area contributed by atoms with Gasteiger partial charge in [-0.25, -0.2) is 9.59 Å². The van der Waals surface area contributed by atoms with Crippen LogP contribution in [0.4, 0.5) is 10.5 Å². The molecule has 2 aromatic carbocycles. The minimum Gasteiger partial charge on any atom is -0.497 e. The van der Waals surface area contributed by atoms with Gasteiger partial charge in [-0.3, -0.25) is 9.69 Å². The second kappa shape index (κ2) is 10.9. The SMILES string of the molecule is COC(=O)N(C)c1ccccc1C(=O)OCC(=O)NC(C)c1cc(OC)ccc1OC. The monoisotopic (exact) mass is 430 g/mol. The van der Waals surface area contributed by atoms with Crippen LogP contribution in [0.5, 0.6) is 11.5 Å². The fraction of sp³-hybridized carbons (Fsp3) is 0.318. The average molecular weight is 430 g/mol. The van der Waals surface area contributed by atoms with Gasteiger partial charge in [0.2, 0.25) is 0 Å². The molecular weight excluding hydrogens is 404 g/mol. The fourth-order valence-corrected chi connectivity index (χ4v) is 2.92. The van der Waals surface area contributed by atoms with Gasteiger partial charge in [0, 0.05) is 12.6 Å². The van der Waals surface area contributed by atoms with Crippen LogP contribution < -0.4 is 19.7 Å². The Labute approximate surface area is 180 Å². The normalized spacial score (nSPS) is 11.1. The lowest BCUT2D eigenvalue weighted by Crippen LogP contribution is -2.32. The van der Waals surface area contributed by atoms with Gasteiger partial charge in [-0.15, -0.1) is 0 Å². The van der Waals surface area contributed by atoms with Crippen molar-refractivity contribution in [2.45, 2.75) is 13.0 Å². The Morgan fingerprint density at radius 1 is 1.03 bits per heavy atom. The van der Waals surface area contributed by atoms with Gasteiger partial charge in [0.05, 0.1) is 38.6 Å². The molecule has 0 saturated carbocycles. The van der Waals surface area contributed by atoms with Gasteiger partial charge >= 0.3 is 12.1 Å². The summed E-state index contributed by atoms with van der Waals surface area (Å²) in [6.45, 7) is 1.28. The Morgan fingerprint density at radius 2 is 1.74 bits per heavy atom. The van der Waals surface area contributed by atoms with Gasteiger partial charge in [0.15, 0.2) is 6.61 Å². The number of anilines is 1. The maximum Gasteiger partial charge on any atom is 0.413 e. The molecule has 9 nitrogen and oxygen atoms in total. The number of methoxy groups -OCH3 is 3. The molecule has 1 N–H and O–H groups in total. The van der Waals surface area contributed by atoms with E-state index in [0.717, 1.165) is 0 Å². The van der Waals surface area contributed by atoms with E-state index in [9.17, 15) is 14.4 Å². The summed E-state index contributed by atoms with van der Waals surface area (Å²) in [6.07, 6.45) is -0.640. The Kier molecular flexibility index (Phi) is 8.25. The summed E-state index contributed by atoms with van der Waals surface area (Å²) < 4.78 is 20.4. The Bertz CT molecular complexity index is 945. The standard InChI is InChI=1S/C22H26N2O7/c1-14(17-12-15(28-3)10-11-19(17)29-4)23-20(25)13-31-21(26)16-8-6-7-9-18(16)24(2)22(27)30-5/h6-12,14H,13H2,1-5H3,(H,23,25). The number of nitrogens with one attached hydrogen (secondary N) is 1. The van der Waals surface area contributed by atoms with Gasteiger partial charge in [-0.05, 0) is 37.3 Å². The molecule has 2 amide bonds. The van der Waals surface area contributed by atoms with Crippen LogP contribution in [0.3, 0.4) is 0 Å². The van der Waals surface area contributed by atoms with Gasteiger partial charge < -0.3 is 24.3 Å². The zero-order valence-electron chi connectivity index (χ0n) is 18.1. The van der Waals surface area contributed by atoms with Crippen molar-refractivity contribution in [1.82, 2.24) is 5.32 Å². The van der Waals surface area contributed by atoms with Crippen molar-refractivity contribution in [1.29, 1.82) is 0 Å². The van der Waals surface area contributed by atoms with E-state index in [2.05, 4.69) is 10.1 Å². The van der Waals surface area contributed by atoms with Crippen molar-refractivity contribution in [2.24, 2.45) is 0 Å². The van der Waals surface area contributed by atoms with E-state index in [1.54, 1.807) is 50.4 Å². The molecule has 9 heteroatoms. The molecule has 0 aromatic heterocycles. The van der Waals surface area contributed by atoms with Gasteiger partial charge in [-0.1, -0.05) is 12.1 Å². The molecule has 0 fully saturated rings. The van der Waals surface area contributed by atoms with E-state index < -0.39 is 30.6 Å². The highest BCUT2D eigenvalue weighted by molar-refractivity contribution is 6.01. The van der Waals surface area contributed by atoms with Crippen molar-refractivity contribution in [3.05, 3.63) is 53.6 Å². The summed E-state index contributed by atoms with van der Waals surface area (Å²) in [4.78, 5) is 37.8. The first-order valence-corrected chi connectivity index (χ1v) is 9.41. The zero-order valence-corrected chi connectivity index (χ0v) is 18.1. The average Bonchev–Trinajstić information content (AvgIpc) is 2.80. The summed E-state index contributed by atoms with van der Waals surface area (Å²) in [5, 5.41) is 2.76. The molecule has 2 aromatic rings. The van der Waals surface area contributed by atoms with Crippen LogP contribution >= 0.6 is 0 Å². The number of nitrogens with zero attached hydrogens (tertiary/aromatic N) is 1. The molecule has 0 spiro atoms. The number of para-hydroxylation sites is 1. The van der Waals surface area contributed by atoms with E-state index in [1.807, 2.05) is 0 Å². The lowest BCUT2D eigenvalue weighted by Gasteiger charge is -2.19. The molecular formula is C22H26N2O7. The molecule has 166 valence electrons. The Morgan fingerprint density at radius 3 is 2.39 bits per heavy atom. The predicted molar refractivity (Wildman–Crippen MR) is 114 cm³/mol. The first-order chi connectivity index (χ1) is 14.8. The van der Waals surface area contributed by atoms with E-state index in [0.29, 0.717) is 22.7 Å². The molecule has 1 unspecified atom stereocenters. The highest BCUT2D eigenvalue weighted by atomic mass is 16.5. The highest BCUT2D eigenvalue weighted by Crippen LogP contribution is 2.29. The van der Waals surface area contributed by atoms with Crippen LogP contribution in [0.1, 0.15) is 28.9 Å². The molecule has 0 radical (unpaired) electrons. The summed E-state index contributed by atoms with van der Waals surface area (Å²) in [5.74, 6) is -0.0299. The van der Waals surface area contributed by atoms with E-state index in [-0.39, 0.29) is 5.56 Å². The molecule has 31 heavy (non-hydrogen) atoms. The van der Waals surface area contributed by atoms with Crippen LogP contribution in [0, 0.1) is 0 Å². The van der Waals surface area contributed by atoms with Crippen molar-refractivity contribution in [2.75, 3.05) is 39.9 Å². The van der Waals surface area contributed by atoms with Crippen LogP contribution in [-0.4, -0.2) is 53.0 Å². The number of carbonyl (C=O) groups excluding carboxylic acids is 3. The molecule has 0 aliphatic heterocycles. The first-order valence-electron chi connectivity index (χ1n) is 9.41. The maximum absolute atomic E-state index is 12.5. The topological polar surface area (TPSA) is 103 Å². The lowest BCUT2D eigenvalue weighted by molar-refractivity contribution is -0.124. The van der Waals surface area contributed by atoms with Crippen molar-refractivity contribution < 1.29 is 33.3 Å². The summed E-state index contributed by atoms with van der Waals surface area (Å²) in [5.41, 5.74) is 1.14. The molecule has 0 heterocycles. The number of hydrogen-bond acceptors (Lipinski definition) is 7. The van der Waals surface area contributed by atoms with Crippen molar-refractivity contribution in [3.63, 3.8) is 0 Å². The van der Waals surface area contributed by atoms with E-state index in [4.69, 9.17) is 14.2 Å². The number of carbonyl (C=O) groups is 3. The molecule has 0 aliphatic carbocycles. The summed E-state index contributed by atoms with van der Waals surface area (Å²) in [7, 11) is 5.78. The third kappa shape index (κ3) is 5.88. The number of amides is 2. The van der Waals surface area contributed by atoms with Gasteiger partial charge in [0.1, 0.15) is 11.5 Å². The quantitative estimate of drug-likeness (QED) is 0.642.